The van der Waals surface area contributed by atoms with Gasteiger partial charge >= 0.3 is 0 Å². The highest BCUT2D eigenvalue weighted by atomic mass is 16.5. The summed E-state index contributed by atoms with van der Waals surface area (Å²) in [6.07, 6.45) is -0.434. The second-order valence-electron chi connectivity index (χ2n) is 4.52. The molecule has 1 N–H and O–H groups in total. The predicted molar refractivity (Wildman–Crippen MR) is 72.6 cm³/mol. The summed E-state index contributed by atoms with van der Waals surface area (Å²) in [6.45, 7) is 4.38. The molecule has 0 aromatic heterocycles. The van der Waals surface area contributed by atoms with Crippen LogP contribution < -0.4 is 4.74 Å². The van der Waals surface area contributed by atoms with E-state index in [0.717, 1.165) is 16.9 Å². The molecule has 0 aliphatic rings. The first kappa shape index (κ1) is 12.7. The molecule has 1 atom stereocenters. The Morgan fingerprint density at radius 2 is 1.61 bits per heavy atom. The Kier molecular flexibility index (Phi) is 4.00. The van der Waals surface area contributed by atoms with Crippen LogP contribution in [0.15, 0.2) is 48.5 Å². The van der Waals surface area contributed by atoms with Crippen LogP contribution >= 0.6 is 0 Å². The minimum absolute atomic E-state index is 0.434. The second kappa shape index (κ2) is 5.69. The molecule has 0 saturated heterocycles. The Labute approximate surface area is 108 Å². The molecule has 0 aliphatic heterocycles. The van der Waals surface area contributed by atoms with Gasteiger partial charge in [-0.15, -0.1) is 0 Å². The average molecular weight is 242 g/mol. The van der Waals surface area contributed by atoms with Crippen LogP contribution in [0.2, 0.25) is 0 Å². The van der Waals surface area contributed by atoms with Crippen molar-refractivity contribution >= 4 is 0 Å². The van der Waals surface area contributed by atoms with Crippen molar-refractivity contribution in [2.75, 3.05) is 0 Å². The summed E-state index contributed by atoms with van der Waals surface area (Å²) in [5.74, 6) is 0.819. The normalized spacial score (nSPS) is 12.2. The van der Waals surface area contributed by atoms with E-state index >= 15 is 0 Å². The standard InChI is InChI=1S/C16H18O2/c1-12-3-5-14(6-4-12)11-18-16-9-7-15(8-10-16)13(2)17/h3-10,13,17H,11H2,1-2H3/t13-/m0/s1. The maximum absolute atomic E-state index is 9.41. The van der Waals surface area contributed by atoms with Gasteiger partial charge in [0.1, 0.15) is 12.4 Å². The molecule has 2 nitrogen and oxygen atoms in total. The summed E-state index contributed by atoms with van der Waals surface area (Å²) >= 11 is 0. The minimum Gasteiger partial charge on any atom is -0.489 e. The summed E-state index contributed by atoms with van der Waals surface area (Å²) in [6, 6.07) is 15.8. The molecular weight excluding hydrogens is 224 g/mol. The van der Waals surface area contributed by atoms with Gasteiger partial charge in [-0.3, -0.25) is 0 Å². The molecule has 0 fully saturated rings. The lowest BCUT2D eigenvalue weighted by molar-refractivity contribution is 0.199. The maximum atomic E-state index is 9.41. The van der Waals surface area contributed by atoms with Crippen molar-refractivity contribution in [3.63, 3.8) is 0 Å². The van der Waals surface area contributed by atoms with Crippen molar-refractivity contribution in [1.29, 1.82) is 0 Å². The van der Waals surface area contributed by atoms with E-state index in [1.807, 2.05) is 24.3 Å². The van der Waals surface area contributed by atoms with E-state index in [9.17, 15) is 5.11 Å². The number of hydrogen-bond donors (Lipinski definition) is 1. The zero-order chi connectivity index (χ0) is 13.0. The minimum atomic E-state index is -0.434. The van der Waals surface area contributed by atoms with Crippen LogP contribution in [-0.4, -0.2) is 5.11 Å². The SMILES string of the molecule is Cc1ccc(COc2ccc([C@H](C)O)cc2)cc1. The monoisotopic (exact) mass is 242 g/mol. The van der Waals surface area contributed by atoms with E-state index in [-0.39, 0.29) is 0 Å². The van der Waals surface area contributed by atoms with Crippen molar-refractivity contribution in [3.05, 3.63) is 65.2 Å². The Hall–Kier alpha value is -1.80. The lowest BCUT2D eigenvalue weighted by atomic mass is 10.1. The third-order valence-corrected chi connectivity index (χ3v) is 2.89. The number of aliphatic hydroxyl groups excluding tert-OH is 1. The Morgan fingerprint density at radius 1 is 1.00 bits per heavy atom. The van der Waals surface area contributed by atoms with Crippen LogP contribution in [0.1, 0.15) is 29.7 Å². The number of aliphatic hydroxyl groups is 1. The fourth-order valence-corrected chi connectivity index (χ4v) is 1.69. The maximum Gasteiger partial charge on any atom is 0.119 e. The van der Waals surface area contributed by atoms with Crippen LogP contribution in [0.5, 0.6) is 5.75 Å². The van der Waals surface area contributed by atoms with Crippen molar-refractivity contribution in [2.24, 2.45) is 0 Å². The first-order valence-electron chi connectivity index (χ1n) is 6.11. The molecule has 18 heavy (non-hydrogen) atoms. The molecule has 0 aliphatic carbocycles. The number of benzene rings is 2. The molecule has 0 saturated carbocycles. The van der Waals surface area contributed by atoms with Crippen LogP contribution in [0.25, 0.3) is 0 Å². The van der Waals surface area contributed by atoms with Crippen LogP contribution in [0.3, 0.4) is 0 Å². The van der Waals surface area contributed by atoms with Crippen LogP contribution in [0.4, 0.5) is 0 Å². The highest BCUT2D eigenvalue weighted by molar-refractivity contribution is 5.29. The summed E-state index contributed by atoms with van der Waals surface area (Å²) < 4.78 is 5.69. The molecular formula is C16H18O2. The van der Waals surface area contributed by atoms with E-state index in [0.29, 0.717) is 6.61 Å². The fourth-order valence-electron chi connectivity index (χ4n) is 1.69. The van der Waals surface area contributed by atoms with Crippen molar-refractivity contribution < 1.29 is 9.84 Å². The van der Waals surface area contributed by atoms with Crippen LogP contribution in [0, 0.1) is 6.92 Å². The van der Waals surface area contributed by atoms with E-state index in [2.05, 4.69) is 31.2 Å². The quantitative estimate of drug-likeness (QED) is 0.887. The summed E-state index contributed by atoms with van der Waals surface area (Å²) in [7, 11) is 0. The first-order chi connectivity index (χ1) is 8.65. The molecule has 94 valence electrons. The molecule has 2 aromatic rings. The van der Waals surface area contributed by atoms with Crippen LogP contribution in [-0.2, 0) is 6.61 Å². The van der Waals surface area contributed by atoms with Crippen molar-refractivity contribution in [3.8, 4) is 5.75 Å². The van der Waals surface area contributed by atoms with Gasteiger partial charge in [-0.05, 0) is 37.1 Å². The molecule has 0 spiro atoms. The fraction of sp³-hybridized carbons (Fsp3) is 0.250. The smallest absolute Gasteiger partial charge is 0.119 e. The zero-order valence-electron chi connectivity index (χ0n) is 10.8. The molecule has 2 rings (SSSR count). The van der Waals surface area contributed by atoms with Crippen molar-refractivity contribution in [2.45, 2.75) is 26.6 Å². The number of rotatable bonds is 4. The Morgan fingerprint density at radius 3 is 2.17 bits per heavy atom. The van der Waals surface area contributed by atoms with Gasteiger partial charge in [-0.25, -0.2) is 0 Å². The molecule has 0 bridgehead atoms. The van der Waals surface area contributed by atoms with E-state index in [1.165, 1.54) is 5.56 Å². The predicted octanol–water partition coefficient (Wildman–Crippen LogP) is 3.63. The summed E-state index contributed by atoms with van der Waals surface area (Å²) in [5, 5.41) is 9.41. The average Bonchev–Trinajstić information content (AvgIpc) is 2.38. The summed E-state index contributed by atoms with van der Waals surface area (Å²) in [4.78, 5) is 0. The Bertz CT molecular complexity index is 484. The van der Waals surface area contributed by atoms with Gasteiger partial charge in [0, 0.05) is 0 Å². The lowest BCUT2D eigenvalue weighted by Gasteiger charge is -2.08. The van der Waals surface area contributed by atoms with E-state index in [1.54, 1.807) is 6.92 Å². The van der Waals surface area contributed by atoms with Gasteiger partial charge < -0.3 is 9.84 Å². The molecule has 0 unspecified atom stereocenters. The van der Waals surface area contributed by atoms with E-state index in [4.69, 9.17) is 4.74 Å². The first-order valence-corrected chi connectivity index (χ1v) is 6.11. The number of ether oxygens (including phenoxy) is 1. The lowest BCUT2D eigenvalue weighted by Crippen LogP contribution is -1.96. The van der Waals surface area contributed by atoms with Gasteiger partial charge in [0.25, 0.3) is 0 Å². The topological polar surface area (TPSA) is 29.5 Å². The van der Waals surface area contributed by atoms with Gasteiger partial charge in [-0.2, -0.15) is 0 Å². The largest absolute Gasteiger partial charge is 0.489 e. The molecule has 0 heterocycles. The molecule has 2 heteroatoms. The third kappa shape index (κ3) is 3.34. The van der Waals surface area contributed by atoms with Gasteiger partial charge in [0.15, 0.2) is 0 Å². The third-order valence-electron chi connectivity index (χ3n) is 2.89. The molecule has 0 radical (unpaired) electrons. The van der Waals surface area contributed by atoms with Gasteiger partial charge in [0.2, 0.25) is 0 Å². The molecule has 2 aromatic carbocycles. The van der Waals surface area contributed by atoms with E-state index < -0.39 is 6.10 Å². The summed E-state index contributed by atoms with van der Waals surface area (Å²) in [5.41, 5.74) is 3.30. The zero-order valence-corrected chi connectivity index (χ0v) is 10.8. The van der Waals surface area contributed by atoms with Crippen molar-refractivity contribution in [1.82, 2.24) is 0 Å². The highest BCUT2D eigenvalue weighted by Gasteiger charge is 2.01. The highest BCUT2D eigenvalue weighted by Crippen LogP contribution is 2.18. The second-order valence-corrected chi connectivity index (χ2v) is 4.52. The van der Waals surface area contributed by atoms with Gasteiger partial charge in [-0.1, -0.05) is 42.0 Å². The molecule has 0 amide bonds. The number of aryl methyl sites for hydroxylation is 1. The Balaban J connectivity index is 1.95. The number of hydrogen-bond acceptors (Lipinski definition) is 2. The van der Waals surface area contributed by atoms with Gasteiger partial charge in [0.05, 0.1) is 6.10 Å².